The van der Waals surface area contributed by atoms with Gasteiger partial charge >= 0.3 is 6.03 Å². The van der Waals surface area contributed by atoms with Crippen molar-refractivity contribution in [3.63, 3.8) is 0 Å². The number of nitrogens with one attached hydrogen (secondary N) is 3. The van der Waals surface area contributed by atoms with Gasteiger partial charge in [0.25, 0.3) is 0 Å². The number of benzene rings is 2. The Morgan fingerprint density at radius 3 is 2.45 bits per heavy atom. The van der Waals surface area contributed by atoms with Gasteiger partial charge < -0.3 is 15.4 Å². The Balaban J connectivity index is 1.37. The van der Waals surface area contributed by atoms with Crippen molar-refractivity contribution >= 4 is 23.3 Å². The number of hydrogen-bond acceptors (Lipinski definition) is 5. The molecule has 40 heavy (non-hydrogen) atoms. The van der Waals surface area contributed by atoms with Crippen LogP contribution in [0.3, 0.4) is 0 Å². The van der Waals surface area contributed by atoms with Crippen molar-refractivity contribution < 1.29 is 14.3 Å². The Labute approximate surface area is 236 Å². The molecule has 212 valence electrons. The highest BCUT2D eigenvalue weighted by atomic mass is 16.5. The Morgan fingerprint density at radius 2 is 1.77 bits per heavy atom. The maximum absolute atomic E-state index is 13.6. The molecule has 0 radical (unpaired) electrons. The molecule has 3 N–H and O–H groups in total. The summed E-state index contributed by atoms with van der Waals surface area (Å²) in [6.07, 6.45) is 3.26. The molecule has 3 heterocycles. The van der Waals surface area contributed by atoms with E-state index in [0.29, 0.717) is 18.1 Å². The topological polar surface area (TPSA) is 97.3 Å². The molecule has 2 amide bonds. The van der Waals surface area contributed by atoms with Crippen LogP contribution in [-0.4, -0.2) is 47.4 Å². The van der Waals surface area contributed by atoms with Crippen molar-refractivity contribution in [3.05, 3.63) is 71.4 Å². The maximum Gasteiger partial charge on any atom is 0.324 e. The molecule has 0 bridgehead atoms. The lowest BCUT2D eigenvalue weighted by Gasteiger charge is -2.31. The van der Waals surface area contributed by atoms with Crippen LogP contribution in [0.5, 0.6) is 0 Å². The number of carbonyl (C=O) groups excluding carboxylic acids is 2. The molecular weight excluding hydrogens is 502 g/mol. The number of aryl methyl sites for hydroxylation is 1. The van der Waals surface area contributed by atoms with Crippen molar-refractivity contribution in [2.75, 3.05) is 30.3 Å². The van der Waals surface area contributed by atoms with Crippen molar-refractivity contribution in [3.8, 4) is 5.69 Å². The average Bonchev–Trinajstić information content (AvgIpc) is 3.61. The summed E-state index contributed by atoms with van der Waals surface area (Å²) in [5, 5.41) is 14.2. The Morgan fingerprint density at radius 1 is 1.02 bits per heavy atom. The summed E-state index contributed by atoms with van der Waals surface area (Å²) in [7, 11) is 0. The molecule has 0 aliphatic carbocycles. The second kappa shape index (κ2) is 11.9. The number of hydrogen-bond donors (Lipinski definition) is 3. The van der Waals surface area contributed by atoms with Crippen LogP contribution in [0.1, 0.15) is 69.2 Å². The summed E-state index contributed by atoms with van der Waals surface area (Å²) >= 11 is 0. The first kappa shape index (κ1) is 28.1. The largest absolute Gasteiger partial charge is 0.370 e. The van der Waals surface area contributed by atoms with Gasteiger partial charge in [0.05, 0.1) is 11.4 Å². The van der Waals surface area contributed by atoms with Crippen LogP contribution < -0.4 is 16.0 Å². The summed E-state index contributed by atoms with van der Waals surface area (Å²) in [5.74, 6) is 0.764. The van der Waals surface area contributed by atoms with Gasteiger partial charge in [0.1, 0.15) is 11.9 Å². The normalized spacial score (nSPS) is 18.9. The molecule has 2 saturated heterocycles. The fourth-order valence-electron chi connectivity index (χ4n) is 5.66. The number of ketones is 1. The van der Waals surface area contributed by atoms with Gasteiger partial charge in [-0.15, -0.1) is 0 Å². The molecular formula is C32H41N5O3. The number of piperidine rings is 1. The SMILES string of the molecule is Cc1ccc(-n2nc(C(C)(C)C)cc2NC(=O)Nc2cccc(C(C(=O)[C@H]3CCCO3)C3CCNCC3)c2)cc1. The fourth-order valence-corrected chi connectivity index (χ4v) is 5.66. The van der Waals surface area contributed by atoms with E-state index in [0.717, 1.165) is 61.3 Å². The van der Waals surface area contributed by atoms with Crippen molar-refractivity contribution in [2.45, 2.75) is 70.8 Å². The summed E-state index contributed by atoms with van der Waals surface area (Å²) in [5.41, 5.74) is 4.30. The predicted octanol–water partition coefficient (Wildman–Crippen LogP) is 5.95. The highest BCUT2D eigenvalue weighted by molar-refractivity contribution is 5.99. The smallest absolute Gasteiger partial charge is 0.324 e. The van der Waals surface area contributed by atoms with E-state index in [4.69, 9.17) is 9.84 Å². The molecule has 2 fully saturated rings. The summed E-state index contributed by atoms with van der Waals surface area (Å²) in [4.78, 5) is 26.9. The monoisotopic (exact) mass is 543 g/mol. The average molecular weight is 544 g/mol. The van der Waals surface area contributed by atoms with E-state index in [9.17, 15) is 9.59 Å². The van der Waals surface area contributed by atoms with Gasteiger partial charge in [0.2, 0.25) is 0 Å². The molecule has 2 aliphatic rings. The van der Waals surface area contributed by atoms with Crippen molar-refractivity contribution in [1.82, 2.24) is 15.1 Å². The Hall–Kier alpha value is -3.49. The van der Waals surface area contributed by atoms with Gasteiger partial charge in [-0.25, -0.2) is 9.48 Å². The quantitative estimate of drug-likeness (QED) is 0.342. The number of ether oxygens (including phenoxy) is 1. The number of urea groups is 1. The van der Waals surface area contributed by atoms with Gasteiger partial charge in [-0.1, -0.05) is 50.6 Å². The van der Waals surface area contributed by atoms with Gasteiger partial charge in [0, 0.05) is 29.7 Å². The van der Waals surface area contributed by atoms with E-state index >= 15 is 0 Å². The van der Waals surface area contributed by atoms with E-state index in [-0.39, 0.29) is 35.2 Å². The molecule has 2 aliphatic heterocycles. The molecule has 8 nitrogen and oxygen atoms in total. The van der Waals surface area contributed by atoms with Gasteiger partial charge in [-0.2, -0.15) is 5.10 Å². The minimum absolute atomic E-state index is 0.169. The van der Waals surface area contributed by atoms with Crippen LogP contribution in [0, 0.1) is 12.8 Å². The minimum Gasteiger partial charge on any atom is -0.370 e. The molecule has 8 heteroatoms. The van der Waals surface area contributed by atoms with Gasteiger partial charge in [0.15, 0.2) is 5.78 Å². The number of anilines is 2. The molecule has 0 spiro atoms. The molecule has 1 aromatic heterocycles. The number of carbonyl (C=O) groups is 2. The minimum atomic E-state index is -0.366. The van der Waals surface area contributed by atoms with E-state index in [1.807, 2.05) is 61.5 Å². The zero-order valence-corrected chi connectivity index (χ0v) is 24.0. The van der Waals surface area contributed by atoms with Crippen molar-refractivity contribution in [2.24, 2.45) is 5.92 Å². The highest BCUT2D eigenvalue weighted by Gasteiger charge is 2.37. The van der Waals surface area contributed by atoms with Gasteiger partial charge in [-0.3, -0.25) is 10.1 Å². The molecule has 0 saturated carbocycles. The number of Topliss-reactive ketones (excluding diaryl/α,β-unsaturated/α-hetero) is 1. The third-order valence-electron chi connectivity index (χ3n) is 7.91. The van der Waals surface area contributed by atoms with E-state index < -0.39 is 0 Å². The predicted molar refractivity (Wildman–Crippen MR) is 158 cm³/mol. The number of amides is 2. The molecule has 2 atom stereocenters. The molecule has 3 aromatic rings. The van der Waals surface area contributed by atoms with E-state index in [1.165, 1.54) is 0 Å². The lowest BCUT2D eigenvalue weighted by atomic mass is 9.76. The van der Waals surface area contributed by atoms with Gasteiger partial charge in [-0.05, 0) is 81.4 Å². The zero-order valence-electron chi connectivity index (χ0n) is 24.0. The number of rotatable bonds is 7. The standard InChI is InChI=1S/C32H41N5O3/c1-21-10-12-25(13-11-21)37-28(20-27(36-37)32(2,3)4)35-31(39)34-24-8-5-7-23(19-24)29(22-14-16-33-17-15-22)30(38)26-9-6-18-40-26/h5,7-8,10-13,19-20,22,26,29,33H,6,9,14-18H2,1-4H3,(H2,34,35,39)/t26-,29?/m1/s1. The summed E-state index contributed by atoms with van der Waals surface area (Å²) in [6.45, 7) is 10.8. The first-order valence-corrected chi connectivity index (χ1v) is 14.4. The first-order valence-electron chi connectivity index (χ1n) is 14.4. The fraction of sp³-hybridized carbons (Fsp3) is 0.469. The first-order chi connectivity index (χ1) is 19.2. The van der Waals surface area contributed by atoms with Crippen molar-refractivity contribution in [1.29, 1.82) is 0 Å². The van der Waals surface area contributed by atoms with Crippen LogP contribution in [0.2, 0.25) is 0 Å². The number of nitrogens with zero attached hydrogens (tertiary/aromatic N) is 2. The van der Waals surface area contributed by atoms with Crippen LogP contribution in [0.4, 0.5) is 16.3 Å². The third kappa shape index (κ3) is 6.45. The molecule has 2 aromatic carbocycles. The second-order valence-corrected chi connectivity index (χ2v) is 12.1. The van der Waals surface area contributed by atoms with Crippen LogP contribution in [0.25, 0.3) is 5.69 Å². The lowest BCUT2D eigenvalue weighted by molar-refractivity contribution is -0.130. The Bertz CT molecular complexity index is 1330. The molecule has 1 unspecified atom stereocenters. The Kier molecular flexibility index (Phi) is 8.38. The van der Waals surface area contributed by atoms with Crippen LogP contribution >= 0.6 is 0 Å². The summed E-state index contributed by atoms with van der Waals surface area (Å²) < 4.78 is 7.56. The highest BCUT2D eigenvalue weighted by Crippen LogP contribution is 2.36. The second-order valence-electron chi connectivity index (χ2n) is 12.1. The van der Waals surface area contributed by atoms with Crippen LogP contribution in [-0.2, 0) is 14.9 Å². The summed E-state index contributed by atoms with van der Waals surface area (Å²) in [6, 6.07) is 17.3. The zero-order chi connectivity index (χ0) is 28.3. The maximum atomic E-state index is 13.6. The third-order valence-corrected chi connectivity index (χ3v) is 7.91. The van der Waals surface area contributed by atoms with E-state index in [1.54, 1.807) is 4.68 Å². The lowest BCUT2D eigenvalue weighted by Crippen LogP contribution is -2.37. The van der Waals surface area contributed by atoms with E-state index in [2.05, 4.69) is 36.7 Å². The molecule has 5 rings (SSSR count). The van der Waals surface area contributed by atoms with Crippen LogP contribution in [0.15, 0.2) is 54.6 Å². The number of aromatic nitrogens is 2.